The third kappa shape index (κ3) is 4.05. The van der Waals surface area contributed by atoms with E-state index in [1.165, 1.54) is 12.1 Å². The summed E-state index contributed by atoms with van der Waals surface area (Å²) in [6.07, 6.45) is 0.349. The van der Waals surface area contributed by atoms with Crippen molar-refractivity contribution >= 4 is 23.3 Å². The van der Waals surface area contributed by atoms with E-state index < -0.39 is 22.9 Å². The van der Waals surface area contributed by atoms with Crippen LogP contribution in [0.2, 0.25) is 0 Å². The Morgan fingerprint density at radius 2 is 1.88 bits per heavy atom. The second-order valence-electron chi connectivity index (χ2n) is 6.27. The highest BCUT2D eigenvalue weighted by Crippen LogP contribution is 2.33. The summed E-state index contributed by atoms with van der Waals surface area (Å²) >= 11 is 0. The average Bonchev–Trinajstić information content (AvgIpc) is 3.46. The Bertz CT molecular complexity index is 846. The first kappa shape index (κ1) is 17.6. The third-order valence-corrected chi connectivity index (χ3v) is 4.09. The standard InChI is InChI=1S/C19H18N2O5/c1-12-7-10-15(16(11-12)21(24)25)20-18(22)17(13-5-3-2-4-6-13)26-19(23)14-8-9-14/h2-7,10-11,14,17H,8-9H2,1H3,(H,20,22)/t17-/m0/s1. The van der Waals surface area contributed by atoms with Crippen LogP contribution in [0.25, 0.3) is 0 Å². The molecule has 1 aliphatic rings. The van der Waals surface area contributed by atoms with Crippen molar-refractivity contribution in [1.82, 2.24) is 0 Å². The van der Waals surface area contributed by atoms with Crippen LogP contribution in [0.4, 0.5) is 11.4 Å². The SMILES string of the molecule is Cc1ccc(NC(=O)[C@@H](OC(=O)C2CC2)c2ccccc2)c([N+](=O)[O-])c1. The number of nitrogens with zero attached hydrogens (tertiary/aromatic N) is 1. The number of aryl methyl sites for hydroxylation is 1. The summed E-state index contributed by atoms with van der Waals surface area (Å²) in [5, 5.41) is 13.8. The normalized spacial score (nSPS) is 14.3. The molecule has 0 spiro atoms. The van der Waals surface area contributed by atoms with Crippen LogP contribution in [-0.2, 0) is 14.3 Å². The zero-order valence-corrected chi connectivity index (χ0v) is 14.2. The van der Waals surface area contributed by atoms with Gasteiger partial charge in [-0.15, -0.1) is 0 Å². The average molecular weight is 354 g/mol. The van der Waals surface area contributed by atoms with Gasteiger partial charge in [0.05, 0.1) is 10.8 Å². The molecule has 0 aromatic heterocycles. The lowest BCUT2D eigenvalue weighted by atomic mass is 10.1. The monoisotopic (exact) mass is 354 g/mol. The number of nitro groups is 1. The Morgan fingerprint density at radius 3 is 2.50 bits per heavy atom. The van der Waals surface area contributed by atoms with E-state index in [-0.39, 0.29) is 17.3 Å². The third-order valence-electron chi connectivity index (χ3n) is 4.09. The molecule has 1 saturated carbocycles. The molecule has 0 aliphatic heterocycles. The minimum Gasteiger partial charge on any atom is -0.447 e. The minimum atomic E-state index is -1.16. The molecule has 26 heavy (non-hydrogen) atoms. The van der Waals surface area contributed by atoms with E-state index in [1.807, 2.05) is 0 Å². The number of rotatable bonds is 6. The van der Waals surface area contributed by atoms with Crippen molar-refractivity contribution in [3.63, 3.8) is 0 Å². The molecule has 3 rings (SSSR count). The molecule has 0 saturated heterocycles. The number of amides is 1. The summed E-state index contributed by atoms with van der Waals surface area (Å²) in [4.78, 5) is 35.5. The quantitative estimate of drug-likeness (QED) is 0.486. The van der Waals surface area contributed by atoms with Crippen LogP contribution in [0.15, 0.2) is 48.5 Å². The van der Waals surface area contributed by atoms with Crippen molar-refractivity contribution in [2.24, 2.45) is 5.92 Å². The first-order chi connectivity index (χ1) is 12.5. The molecular weight excluding hydrogens is 336 g/mol. The van der Waals surface area contributed by atoms with E-state index in [1.54, 1.807) is 43.3 Å². The topological polar surface area (TPSA) is 98.5 Å². The second-order valence-corrected chi connectivity index (χ2v) is 6.27. The summed E-state index contributed by atoms with van der Waals surface area (Å²) in [5.41, 5.74) is 1.07. The van der Waals surface area contributed by atoms with Crippen molar-refractivity contribution in [3.05, 3.63) is 69.8 Å². The molecule has 0 bridgehead atoms. The van der Waals surface area contributed by atoms with Gasteiger partial charge in [-0.2, -0.15) is 0 Å². The molecule has 0 unspecified atom stereocenters. The highest BCUT2D eigenvalue weighted by atomic mass is 16.6. The molecule has 1 aliphatic carbocycles. The first-order valence-electron chi connectivity index (χ1n) is 8.27. The van der Waals surface area contributed by atoms with Gasteiger partial charge in [-0.05, 0) is 31.4 Å². The largest absolute Gasteiger partial charge is 0.447 e. The number of esters is 1. The lowest BCUT2D eigenvalue weighted by molar-refractivity contribution is -0.384. The Labute approximate surface area is 150 Å². The molecular formula is C19H18N2O5. The van der Waals surface area contributed by atoms with Crippen LogP contribution in [-0.4, -0.2) is 16.8 Å². The smallest absolute Gasteiger partial charge is 0.310 e. The van der Waals surface area contributed by atoms with Gasteiger partial charge in [0.15, 0.2) is 0 Å². The van der Waals surface area contributed by atoms with Crippen LogP contribution in [0, 0.1) is 23.0 Å². The van der Waals surface area contributed by atoms with Crippen molar-refractivity contribution in [3.8, 4) is 0 Å². The fourth-order valence-corrected chi connectivity index (χ4v) is 2.53. The summed E-state index contributed by atoms with van der Waals surface area (Å²) in [5.74, 6) is -1.22. The number of ether oxygens (including phenoxy) is 1. The van der Waals surface area contributed by atoms with Gasteiger partial charge in [-0.3, -0.25) is 19.7 Å². The van der Waals surface area contributed by atoms with Gasteiger partial charge in [-0.1, -0.05) is 36.4 Å². The molecule has 0 heterocycles. The predicted molar refractivity (Wildman–Crippen MR) is 94.5 cm³/mol. The molecule has 1 atom stereocenters. The lowest BCUT2D eigenvalue weighted by Gasteiger charge is -2.18. The fourth-order valence-electron chi connectivity index (χ4n) is 2.53. The maximum atomic E-state index is 12.7. The maximum Gasteiger partial charge on any atom is 0.310 e. The zero-order chi connectivity index (χ0) is 18.7. The van der Waals surface area contributed by atoms with Gasteiger partial charge < -0.3 is 10.1 Å². The van der Waals surface area contributed by atoms with Crippen LogP contribution >= 0.6 is 0 Å². The van der Waals surface area contributed by atoms with Crippen molar-refractivity contribution in [2.75, 3.05) is 5.32 Å². The maximum absolute atomic E-state index is 12.7. The predicted octanol–water partition coefficient (Wildman–Crippen LogP) is 3.54. The number of benzene rings is 2. The van der Waals surface area contributed by atoms with Crippen molar-refractivity contribution in [1.29, 1.82) is 0 Å². The lowest BCUT2D eigenvalue weighted by Crippen LogP contribution is -2.26. The van der Waals surface area contributed by atoms with Crippen LogP contribution in [0.1, 0.15) is 30.1 Å². The number of anilines is 1. The highest BCUT2D eigenvalue weighted by molar-refractivity contribution is 5.98. The molecule has 1 N–H and O–H groups in total. The number of carbonyl (C=O) groups excluding carboxylic acids is 2. The van der Waals surface area contributed by atoms with Crippen molar-refractivity contribution in [2.45, 2.75) is 25.9 Å². The molecule has 1 fully saturated rings. The van der Waals surface area contributed by atoms with Crippen LogP contribution in [0.3, 0.4) is 0 Å². The minimum absolute atomic E-state index is 0.0639. The van der Waals surface area contributed by atoms with Gasteiger partial charge in [0.2, 0.25) is 6.10 Å². The van der Waals surface area contributed by atoms with Gasteiger partial charge in [0.1, 0.15) is 5.69 Å². The molecule has 2 aromatic rings. The fraction of sp³-hybridized carbons (Fsp3) is 0.263. The molecule has 7 heteroatoms. The Kier molecular flexibility index (Phi) is 4.97. The number of nitrogens with one attached hydrogen (secondary N) is 1. The zero-order valence-electron chi connectivity index (χ0n) is 14.2. The Morgan fingerprint density at radius 1 is 1.19 bits per heavy atom. The summed E-state index contributed by atoms with van der Waals surface area (Å²) < 4.78 is 5.40. The molecule has 0 radical (unpaired) electrons. The highest BCUT2D eigenvalue weighted by Gasteiger charge is 2.35. The number of nitro benzene ring substituents is 1. The van der Waals surface area contributed by atoms with E-state index in [0.717, 1.165) is 12.8 Å². The Hall–Kier alpha value is -3.22. The first-order valence-corrected chi connectivity index (χ1v) is 8.27. The molecule has 134 valence electrons. The van der Waals surface area contributed by atoms with E-state index in [4.69, 9.17) is 4.74 Å². The van der Waals surface area contributed by atoms with Gasteiger partial charge in [-0.25, -0.2) is 0 Å². The van der Waals surface area contributed by atoms with E-state index in [2.05, 4.69) is 5.32 Å². The van der Waals surface area contributed by atoms with E-state index in [0.29, 0.717) is 11.1 Å². The van der Waals surface area contributed by atoms with E-state index in [9.17, 15) is 19.7 Å². The van der Waals surface area contributed by atoms with Gasteiger partial charge in [0.25, 0.3) is 11.6 Å². The van der Waals surface area contributed by atoms with Crippen LogP contribution < -0.4 is 5.32 Å². The molecule has 7 nitrogen and oxygen atoms in total. The molecule has 1 amide bonds. The van der Waals surface area contributed by atoms with Crippen LogP contribution in [0.5, 0.6) is 0 Å². The number of hydrogen-bond acceptors (Lipinski definition) is 5. The van der Waals surface area contributed by atoms with Crippen molar-refractivity contribution < 1.29 is 19.2 Å². The second kappa shape index (κ2) is 7.35. The summed E-state index contributed by atoms with van der Waals surface area (Å²) in [6.45, 7) is 1.72. The van der Waals surface area contributed by atoms with Gasteiger partial charge >= 0.3 is 5.97 Å². The van der Waals surface area contributed by atoms with Gasteiger partial charge in [0, 0.05) is 11.6 Å². The molecule has 2 aromatic carbocycles. The van der Waals surface area contributed by atoms with E-state index >= 15 is 0 Å². The summed E-state index contributed by atoms with van der Waals surface area (Å²) in [6, 6.07) is 13.1. The number of carbonyl (C=O) groups is 2. The summed E-state index contributed by atoms with van der Waals surface area (Å²) in [7, 11) is 0. The Balaban J connectivity index is 1.86. The number of hydrogen-bond donors (Lipinski definition) is 1.